The number of benzene rings is 3. The number of hydrogen-bond acceptors (Lipinski definition) is 5. The normalized spacial score (nSPS) is 11.3. The minimum atomic E-state index is -0.477. The summed E-state index contributed by atoms with van der Waals surface area (Å²) >= 11 is 0. The zero-order valence-electron chi connectivity index (χ0n) is 17.3. The zero-order valence-corrected chi connectivity index (χ0v) is 17.3. The third-order valence-electron chi connectivity index (χ3n) is 4.95. The molecule has 158 valence electrons. The number of nitrogens with one attached hydrogen (secondary N) is 1. The van der Waals surface area contributed by atoms with Gasteiger partial charge in [-0.1, -0.05) is 56.3 Å². The van der Waals surface area contributed by atoms with Gasteiger partial charge >= 0.3 is 0 Å². The van der Waals surface area contributed by atoms with Gasteiger partial charge in [0.25, 0.3) is 11.6 Å². The molecule has 0 aromatic heterocycles. The first-order valence-electron chi connectivity index (χ1n) is 9.71. The van der Waals surface area contributed by atoms with Crippen LogP contribution in [-0.4, -0.2) is 23.7 Å². The quantitative estimate of drug-likeness (QED) is 0.333. The predicted molar refractivity (Wildman–Crippen MR) is 119 cm³/mol. The highest BCUT2D eigenvalue weighted by molar-refractivity contribution is 5.83. The van der Waals surface area contributed by atoms with Gasteiger partial charge in [0.05, 0.1) is 11.1 Å². The summed E-state index contributed by atoms with van der Waals surface area (Å²) in [5.74, 6) is 0.175. The average molecular weight is 417 g/mol. The maximum absolute atomic E-state index is 11.9. The van der Waals surface area contributed by atoms with E-state index in [1.54, 1.807) is 12.1 Å². The molecule has 0 saturated carbocycles. The number of nitrogens with zero attached hydrogens (tertiary/aromatic N) is 2. The van der Waals surface area contributed by atoms with Crippen molar-refractivity contribution in [1.82, 2.24) is 5.43 Å². The number of carbonyl (C=O) groups is 1. The fourth-order valence-corrected chi connectivity index (χ4v) is 3.03. The molecule has 1 amide bonds. The smallest absolute Gasteiger partial charge is 0.277 e. The minimum Gasteiger partial charge on any atom is -0.484 e. The lowest BCUT2D eigenvalue weighted by Crippen LogP contribution is -2.24. The number of ether oxygens (including phenoxy) is 1. The molecule has 7 heteroatoms. The molecule has 0 bridgehead atoms. The molecule has 3 aromatic carbocycles. The van der Waals surface area contributed by atoms with Gasteiger partial charge in [-0.2, -0.15) is 5.10 Å². The first-order valence-corrected chi connectivity index (χ1v) is 9.71. The van der Waals surface area contributed by atoms with Gasteiger partial charge in [0.2, 0.25) is 0 Å². The first-order chi connectivity index (χ1) is 14.9. The minimum absolute atomic E-state index is 0.00670. The number of carbonyl (C=O) groups excluding carboxylic acids is 1. The maximum Gasteiger partial charge on any atom is 0.277 e. The zero-order chi connectivity index (χ0) is 22.3. The maximum atomic E-state index is 11.9. The van der Waals surface area contributed by atoms with E-state index in [-0.39, 0.29) is 17.7 Å². The second-order valence-corrected chi connectivity index (χ2v) is 7.45. The van der Waals surface area contributed by atoms with E-state index in [2.05, 4.69) is 36.5 Å². The van der Waals surface area contributed by atoms with Gasteiger partial charge in [0.15, 0.2) is 6.61 Å². The van der Waals surface area contributed by atoms with Gasteiger partial charge in [-0.25, -0.2) is 5.43 Å². The van der Waals surface area contributed by atoms with Crippen LogP contribution >= 0.6 is 0 Å². The summed E-state index contributed by atoms with van der Waals surface area (Å²) in [5, 5.41) is 14.5. The van der Waals surface area contributed by atoms with Crippen LogP contribution in [0.15, 0.2) is 84.0 Å². The van der Waals surface area contributed by atoms with E-state index >= 15 is 0 Å². The molecule has 0 radical (unpaired) electrons. The molecular formula is C24H23N3O4. The Kier molecular flexibility index (Phi) is 6.77. The van der Waals surface area contributed by atoms with E-state index < -0.39 is 10.8 Å². The molecule has 0 saturated heterocycles. The van der Waals surface area contributed by atoms with Crippen LogP contribution in [0.25, 0.3) is 0 Å². The summed E-state index contributed by atoms with van der Waals surface area (Å²) in [6.45, 7) is 4.14. The van der Waals surface area contributed by atoms with Crippen molar-refractivity contribution in [3.63, 3.8) is 0 Å². The molecule has 0 aliphatic rings. The number of non-ortho nitro benzene ring substituents is 1. The lowest BCUT2D eigenvalue weighted by molar-refractivity contribution is -0.384. The Labute approximate surface area is 180 Å². The fourth-order valence-electron chi connectivity index (χ4n) is 3.03. The van der Waals surface area contributed by atoms with Crippen molar-refractivity contribution in [2.75, 3.05) is 6.61 Å². The van der Waals surface area contributed by atoms with Gasteiger partial charge < -0.3 is 4.74 Å². The molecule has 0 fully saturated rings. The van der Waals surface area contributed by atoms with Crippen molar-refractivity contribution in [3.05, 3.63) is 106 Å². The van der Waals surface area contributed by atoms with Crippen molar-refractivity contribution >= 4 is 17.8 Å². The van der Waals surface area contributed by atoms with Crippen LogP contribution < -0.4 is 10.2 Å². The molecule has 31 heavy (non-hydrogen) atoms. The van der Waals surface area contributed by atoms with Crippen LogP contribution in [-0.2, 0) is 10.2 Å². The summed E-state index contributed by atoms with van der Waals surface area (Å²) in [7, 11) is 0. The van der Waals surface area contributed by atoms with Crippen molar-refractivity contribution < 1.29 is 14.5 Å². The Bertz CT molecular complexity index is 1060. The SMILES string of the molecule is CC(C)(c1ccccc1)c1ccc(OCC(=O)NN=Cc2ccc([N+](=O)[O-])cc2)cc1. The van der Waals surface area contributed by atoms with Crippen molar-refractivity contribution in [3.8, 4) is 5.75 Å². The first kappa shape index (κ1) is 21.7. The Morgan fingerprint density at radius 1 is 1.00 bits per heavy atom. The molecule has 0 heterocycles. The predicted octanol–water partition coefficient (Wildman–Crippen LogP) is 4.45. The van der Waals surface area contributed by atoms with Crippen LogP contribution in [0.4, 0.5) is 5.69 Å². The van der Waals surface area contributed by atoms with Gasteiger partial charge in [0, 0.05) is 17.5 Å². The van der Waals surface area contributed by atoms with Crippen LogP contribution in [0, 0.1) is 10.1 Å². The highest BCUT2D eigenvalue weighted by atomic mass is 16.6. The van der Waals surface area contributed by atoms with E-state index in [0.29, 0.717) is 11.3 Å². The Balaban J connectivity index is 1.50. The van der Waals surface area contributed by atoms with Gasteiger partial charge in [-0.3, -0.25) is 14.9 Å². The molecule has 3 rings (SSSR count). The van der Waals surface area contributed by atoms with E-state index in [4.69, 9.17) is 4.74 Å². The lowest BCUT2D eigenvalue weighted by atomic mass is 9.78. The number of amides is 1. The molecule has 0 spiro atoms. The topological polar surface area (TPSA) is 93.8 Å². The monoisotopic (exact) mass is 417 g/mol. The average Bonchev–Trinajstić information content (AvgIpc) is 2.79. The van der Waals surface area contributed by atoms with E-state index in [0.717, 1.165) is 5.56 Å². The number of hydrazone groups is 1. The summed E-state index contributed by atoms with van der Waals surface area (Å²) in [6.07, 6.45) is 1.40. The number of rotatable bonds is 8. The molecule has 1 N–H and O–H groups in total. The van der Waals surface area contributed by atoms with Crippen molar-refractivity contribution in [1.29, 1.82) is 0 Å². The fraction of sp³-hybridized carbons (Fsp3) is 0.167. The van der Waals surface area contributed by atoms with Crippen LogP contribution in [0.1, 0.15) is 30.5 Å². The highest BCUT2D eigenvalue weighted by Crippen LogP contribution is 2.32. The van der Waals surface area contributed by atoms with Gasteiger partial charge in [0.1, 0.15) is 5.75 Å². The molecule has 0 atom stereocenters. The second kappa shape index (κ2) is 9.67. The molecular weight excluding hydrogens is 394 g/mol. The van der Waals surface area contributed by atoms with E-state index in [9.17, 15) is 14.9 Å². The Hall–Kier alpha value is -4.00. The van der Waals surface area contributed by atoms with Crippen molar-refractivity contribution in [2.24, 2.45) is 5.10 Å². The molecule has 0 aliphatic heterocycles. The number of nitro benzene ring substituents is 1. The Morgan fingerprint density at radius 2 is 1.61 bits per heavy atom. The summed E-state index contributed by atoms with van der Waals surface area (Å²) in [6, 6.07) is 23.8. The molecule has 7 nitrogen and oxygen atoms in total. The summed E-state index contributed by atoms with van der Waals surface area (Å²) in [4.78, 5) is 22.1. The number of hydrogen-bond donors (Lipinski definition) is 1. The largest absolute Gasteiger partial charge is 0.484 e. The van der Waals surface area contributed by atoms with Crippen LogP contribution in [0.2, 0.25) is 0 Å². The third kappa shape index (κ3) is 5.76. The standard InChI is InChI=1S/C24H23N3O4/c1-24(2,19-6-4-3-5-7-19)20-10-14-22(15-11-20)31-17-23(28)26-25-16-18-8-12-21(13-9-18)27(29)30/h3-16H,17H2,1-2H3,(H,26,28). The van der Waals surface area contributed by atoms with Crippen molar-refractivity contribution in [2.45, 2.75) is 19.3 Å². The highest BCUT2D eigenvalue weighted by Gasteiger charge is 2.22. The molecule has 3 aromatic rings. The summed E-state index contributed by atoms with van der Waals surface area (Å²) in [5.41, 5.74) is 5.20. The van der Waals surface area contributed by atoms with Gasteiger partial charge in [-0.15, -0.1) is 0 Å². The molecule has 0 unspecified atom stereocenters. The number of nitro groups is 1. The lowest BCUT2D eigenvalue weighted by Gasteiger charge is -2.26. The van der Waals surface area contributed by atoms with Gasteiger partial charge in [-0.05, 0) is 41.0 Å². The van der Waals surface area contributed by atoms with E-state index in [1.165, 1.54) is 23.9 Å². The summed E-state index contributed by atoms with van der Waals surface area (Å²) < 4.78 is 5.53. The van der Waals surface area contributed by atoms with Crippen LogP contribution in [0.3, 0.4) is 0 Å². The second-order valence-electron chi connectivity index (χ2n) is 7.45. The third-order valence-corrected chi connectivity index (χ3v) is 4.95. The molecule has 0 aliphatic carbocycles. The van der Waals surface area contributed by atoms with E-state index in [1.807, 2.05) is 42.5 Å². The van der Waals surface area contributed by atoms with Crippen LogP contribution in [0.5, 0.6) is 5.75 Å². The Morgan fingerprint density at radius 3 is 2.23 bits per heavy atom.